The summed E-state index contributed by atoms with van der Waals surface area (Å²) in [6.07, 6.45) is 11.1. The number of fused-ring (bicyclic) bond motifs is 5. The molecule has 2 nitrogen and oxygen atoms in total. The zero-order valence-corrected chi connectivity index (χ0v) is 11.5. The molecule has 0 amide bonds. The molecule has 100 valence electrons. The molecule has 0 aromatic heterocycles. The second-order valence-corrected chi connectivity index (χ2v) is 6.22. The molecule has 5 atom stereocenters. The molecule has 0 saturated heterocycles. The van der Waals surface area contributed by atoms with Crippen molar-refractivity contribution < 1.29 is 9.53 Å². The Morgan fingerprint density at radius 3 is 2.89 bits per heavy atom. The number of esters is 1. The molecule has 0 aromatic carbocycles. The Labute approximate surface area is 110 Å². The van der Waals surface area contributed by atoms with E-state index >= 15 is 0 Å². The van der Waals surface area contributed by atoms with Crippen LogP contribution in [0, 0.1) is 29.1 Å². The summed E-state index contributed by atoms with van der Waals surface area (Å²) in [6.45, 7) is 4.67. The Bertz CT molecular complexity index is 373. The molecular weight excluding hydrogens is 224 g/mol. The molecule has 3 rings (SSSR count). The first-order chi connectivity index (χ1) is 8.75. The van der Waals surface area contributed by atoms with Gasteiger partial charge in [0.2, 0.25) is 0 Å². The van der Waals surface area contributed by atoms with Crippen LogP contribution in [0.3, 0.4) is 0 Å². The van der Waals surface area contributed by atoms with Gasteiger partial charge in [0.15, 0.2) is 0 Å². The van der Waals surface area contributed by atoms with Gasteiger partial charge in [0, 0.05) is 0 Å². The average Bonchev–Trinajstić information content (AvgIpc) is 2.69. The highest BCUT2D eigenvalue weighted by Gasteiger charge is 2.77. The number of carbonyl (C=O) groups excluding carboxylic acids is 1. The molecule has 2 fully saturated rings. The van der Waals surface area contributed by atoms with Crippen LogP contribution >= 0.6 is 0 Å². The van der Waals surface area contributed by atoms with Crippen molar-refractivity contribution in [2.24, 2.45) is 29.1 Å². The second kappa shape index (κ2) is 4.40. The van der Waals surface area contributed by atoms with E-state index in [4.69, 9.17) is 4.74 Å². The Hall–Kier alpha value is -0.790. The average molecular weight is 248 g/mol. The number of unbranched alkanes of at least 4 members (excludes halogenated alkanes) is 2. The molecule has 2 heteroatoms. The van der Waals surface area contributed by atoms with Gasteiger partial charge < -0.3 is 4.74 Å². The van der Waals surface area contributed by atoms with Gasteiger partial charge in [-0.05, 0) is 42.9 Å². The topological polar surface area (TPSA) is 26.3 Å². The van der Waals surface area contributed by atoms with E-state index in [-0.39, 0.29) is 11.9 Å². The van der Waals surface area contributed by atoms with Gasteiger partial charge in [-0.15, -0.1) is 0 Å². The van der Waals surface area contributed by atoms with Crippen LogP contribution in [0.5, 0.6) is 0 Å². The summed E-state index contributed by atoms with van der Waals surface area (Å²) in [5.41, 5.74) is 0.306. The van der Waals surface area contributed by atoms with Crippen LogP contribution in [-0.2, 0) is 9.53 Å². The van der Waals surface area contributed by atoms with Gasteiger partial charge in [0.1, 0.15) is 0 Å². The quantitative estimate of drug-likeness (QED) is 0.408. The molecule has 0 spiro atoms. The van der Waals surface area contributed by atoms with Gasteiger partial charge in [-0.3, -0.25) is 4.79 Å². The van der Waals surface area contributed by atoms with E-state index in [1.807, 2.05) is 6.92 Å². The molecule has 2 saturated carbocycles. The largest absolute Gasteiger partial charge is 0.466 e. The number of rotatable bonds is 6. The summed E-state index contributed by atoms with van der Waals surface area (Å²) >= 11 is 0. The molecule has 18 heavy (non-hydrogen) atoms. The van der Waals surface area contributed by atoms with Crippen molar-refractivity contribution in [3.63, 3.8) is 0 Å². The number of ether oxygens (including phenoxy) is 1. The van der Waals surface area contributed by atoms with Crippen LogP contribution < -0.4 is 0 Å². The van der Waals surface area contributed by atoms with Crippen molar-refractivity contribution >= 4 is 5.97 Å². The minimum atomic E-state index is 0.0809. The van der Waals surface area contributed by atoms with Gasteiger partial charge in [0.25, 0.3) is 0 Å². The fourth-order valence-electron chi connectivity index (χ4n) is 4.79. The second-order valence-electron chi connectivity index (χ2n) is 6.22. The van der Waals surface area contributed by atoms with Crippen molar-refractivity contribution in [3.05, 3.63) is 12.2 Å². The van der Waals surface area contributed by atoms with Crippen LogP contribution in [0.1, 0.15) is 46.0 Å². The highest BCUT2D eigenvalue weighted by Crippen LogP contribution is 2.78. The van der Waals surface area contributed by atoms with Crippen LogP contribution in [-0.4, -0.2) is 12.6 Å². The summed E-state index contributed by atoms with van der Waals surface area (Å²) < 4.78 is 5.29. The van der Waals surface area contributed by atoms with Crippen LogP contribution in [0.4, 0.5) is 0 Å². The first kappa shape index (κ1) is 12.3. The van der Waals surface area contributed by atoms with Crippen molar-refractivity contribution in [1.29, 1.82) is 0 Å². The number of hydrogen-bond acceptors (Lipinski definition) is 2. The zero-order valence-electron chi connectivity index (χ0n) is 11.5. The van der Waals surface area contributed by atoms with Crippen molar-refractivity contribution in [2.75, 3.05) is 6.61 Å². The normalized spacial score (nSPS) is 43.0. The summed E-state index contributed by atoms with van der Waals surface area (Å²) in [6, 6.07) is 0. The van der Waals surface area contributed by atoms with Crippen LogP contribution in [0.15, 0.2) is 12.2 Å². The predicted molar refractivity (Wildman–Crippen MR) is 70.9 cm³/mol. The molecule has 0 aromatic rings. The Morgan fingerprint density at radius 2 is 2.17 bits per heavy atom. The number of allylic oxidation sites excluding steroid dienone is 2. The highest BCUT2D eigenvalue weighted by molar-refractivity contribution is 5.79. The maximum atomic E-state index is 12.1. The fourth-order valence-corrected chi connectivity index (χ4v) is 4.79. The third-order valence-electron chi connectivity index (χ3n) is 5.47. The fraction of sp³-hybridized carbons (Fsp3) is 0.812. The third kappa shape index (κ3) is 1.50. The summed E-state index contributed by atoms with van der Waals surface area (Å²) in [5, 5.41) is 0. The number of hydrogen-bond donors (Lipinski definition) is 0. The maximum absolute atomic E-state index is 12.1. The van der Waals surface area contributed by atoms with Gasteiger partial charge in [-0.1, -0.05) is 38.3 Å². The van der Waals surface area contributed by atoms with Gasteiger partial charge in [-0.25, -0.2) is 0 Å². The Kier molecular flexibility index (Phi) is 2.99. The van der Waals surface area contributed by atoms with E-state index in [0.717, 1.165) is 0 Å². The maximum Gasteiger partial charge on any atom is 0.309 e. The lowest BCUT2D eigenvalue weighted by Gasteiger charge is -2.21. The van der Waals surface area contributed by atoms with E-state index in [0.29, 0.717) is 29.8 Å². The van der Waals surface area contributed by atoms with E-state index in [2.05, 4.69) is 19.1 Å². The Morgan fingerprint density at radius 1 is 1.33 bits per heavy atom. The van der Waals surface area contributed by atoms with E-state index in [1.165, 1.54) is 32.1 Å². The molecule has 0 radical (unpaired) electrons. The molecule has 0 unspecified atom stereocenters. The third-order valence-corrected chi connectivity index (χ3v) is 5.47. The first-order valence-electron chi connectivity index (χ1n) is 7.60. The minimum Gasteiger partial charge on any atom is -0.466 e. The smallest absolute Gasteiger partial charge is 0.309 e. The zero-order chi connectivity index (χ0) is 12.8. The van der Waals surface area contributed by atoms with Crippen LogP contribution in [0.2, 0.25) is 0 Å². The van der Waals surface area contributed by atoms with E-state index < -0.39 is 0 Å². The van der Waals surface area contributed by atoms with E-state index in [1.54, 1.807) is 0 Å². The van der Waals surface area contributed by atoms with Crippen molar-refractivity contribution in [2.45, 2.75) is 46.0 Å². The van der Waals surface area contributed by atoms with Crippen molar-refractivity contribution in [1.82, 2.24) is 0 Å². The predicted octanol–water partition coefficient (Wildman–Crippen LogP) is 3.57. The van der Waals surface area contributed by atoms with Gasteiger partial charge in [-0.2, -0.15) is 0 Å². The molecule has 2 bridgehead atoms. The van der Waals surface area contributed by atoms with Crippen LogP contribution in [0.25, 0.3) is 0 Å². The molecular formula is C16H24O2. The van der Waals surface area contributed by atoms with E-state index in [9.17, 15) is 4.79 Å². The molecule has 0 N–H and O–H groups in total. The summed E-state index contributed by atoms with van der Waals surface area (Å²) in [4.78, 5) is 12.1. The van der Waals surface area contributed by atoms with Gasteiger partial charge in [0.05, 0.1) is 12.5 Å². The molecule has 3 aliphatic rings. The first-order valence-corrected chi connectivity index (χ1v) is 7.60. The molecule has 0 heterocycles. The minimum absolute atomic E-state index is 0.0809. The summed E-state index contributed by atoms with van der Waals surface area (Å²) in [7, 11) is 0. The Balaban J connectivity index is 1.72. The van der Waals surface area contributed by atoms with Crippen molar-refractivity contribution in [3.8, 4) is 0 Å². The number of carbonyl (C=O) groups is 1. The highest BCUT2D eigenvalue weighted by atomic mass is 16.5. The standard InChI is InChI=1S/C16H24O2/c1-3-5-6-9-16-12-8-7-11(10-12)13(16)14(16)15(17)18-4-2/h7-8,11-14H,3-6,9-10H2,1-2H3/t11-,12+,13+,14-,16+/m1/s1. The lowest BCUT2D eigenvalue weighted by atomic mass is 9.83. The summed E-state index contributed by atoms with van der Waals surface area (Å²) in [5.74, 6) is 2.25. The molecule has 3 aliphatic carbocycles. The molecule has 0 aliphatic heterocycles. The lowest BCUT2D eigenvalue weighted by Crippen LogP contribution is -2.20. The SMILES string of the molecule is CCCCC[C@@]12[C@@H]([C@@H]3C=C[C@H]1C3)[C@@H]2C(=O)OCC. The lowest BCUT2D eigenvalue weighted by molar-refractivity contribution is -0.146. The van der Waals surface area contributed by atoms with Gasteiger partial charge >= 0.3 is 5.97 Å². The monoisotopic (exact) mass is 248 g/mol.